The molecule has 3 rings (SSSR count). The summed E-state index contributed by atoms with van der Waals surface area (Å²) in [5.74, 6) is 0.317. The highest BCUT2D eigenvalue weighted by Crippen LogP contribution is 2.32. The highest BCUT2D eigenvalue weighted by Gasteiger charge is 2.36. The minimum Gasteiger partial charge on any atom is -0.394 e. The smallest absolute Gasteiger partial charge is 0.226 e. The number of fused-ring (bicyclic) bond motifs is 1. The number of nitrogens with one attached hydrogen (secondary N) is 1. The van der Waals surface area contributed by atoms with Crippen molar-refractivity contribution in [3.8, 4) is 0 Å². The maximum absolute atomic E-state index is 10.1. The van der Waals surface area contributed by atoms with E-state index in [9.17, 15) is 5.11 Å². The molecule has 1 fully saturated rings. The molecule has 0 radical (unpaired) electrons. The minimum absolute atomic E-state index is 0.00925. The predicted octanol–water partition coefficient (Wildman–Crippen LogP) is 0.0937. The van der Waals surface area contributed by atoms with E-state index in [4.69, 9.17) is 26.3 Å². The fraction of sp³-hybridized carbons (Fsp3) is 0.545. The van der Waals surface area contributed by atoms with Crippen molar-refractivity contribution < 1.29 is 19.8 Å². The average molecular weight is 316 g/mol. The standard InChI is InChI=1S/C11H14ClN5O4/c1-20-16-8-7-9(15-11(12)14-8)17(4-13-7)10-6(19)2-5(3-18)21-10/h4-6,10,18-19H,2-3H2,1H3,(H,14,15,16)/t5-,6+,10+/m0/s1. The van der Waals surface area contributed by atoms with Crippen LogP contribution in [0, 0.1) is 0 Å². The zero-order chi connectivity index (χ0) is 15.0. The van der Waals surface area contributed by atoms with E-state index in [1.807, 2.05) is 0 Å². The first-order valence-electron chi connectivity index (χ1n) is 6.27. The van der Waals surface area contributed by atoms with Gasteiger partial charge in [-0.1, -0.05) is 0 Å². The molecule has 114 valence electrons. The minimum atomic E-state index is -0.771. The van der Waals surface area contributed by atoms with Crippen LogP contribution in [0.4, 0.5) is 5.82 Å². The van der Waals surface area contributed by atoms with Crippen molar-refractivity contribution in [2.75, 3.05) is 19.2 Å². The Morgan fingerprint density at radius 2 is 2.38 bits per heavy atom. The van der Waals surface area contributed by atoms with Gasteiger partial charge in [-0.3, -0.25) is 9.40 Å². The number of halogens is 1. The lowest BCUT2D eigenvalue weighted by molar-refractivity contribution is -0.0486. The number of hydrogen-bond donors (Lipinski definition) is 3. The Hall–Kier alpha value is -1.52. The van der Waals surface area contributed by atoms with E-state index < -0.39 is 18.4 Å². The van der Waals surface area contributed by atoms with E-state index in [1.165, 1.54) is 13.4 Å². The molecule has 2 aromatic rings. The molecule has 0 unspecified atom stereocenters. The van der Waals surface area contributed by atoms with E-state index in [-0.39, 0.29) is 11.9 Å². The fourth-order valence-electron chi connectivity index (χ4n) is 2.34. The quantitative estimate of drug-likeness (QED) is 0.537. The summed E-state index contributed by atoms with van der Waals surface area (Å²) in [5.41, 5.74) is 3.41. The van der Waals surface area contributed by atoms with Crippen molar-refractivity contribution >= 4 is 28.6 Å². The van der Waals surface area contributed by atoms with Crippen LogP contribution in [0.15, 0.2) is 6.33 Å². The molecule has 0 spiro atoms. The molecule has 3 N–H and O–H groups in total. The number of aliphatic hydroxyl groups is 2. The summed E-state index contributed by atoms with van der Waals surface area (Å²) in [6.07, 6.45) is -0.0653. The Morgan fingerprint density at radius 3 is 3.05 bits per heavy atom. The van der Waals surface area contributed by atoms with E-state index in [0.29, 0.717) is 23.4 Å². The topological polar surface area (TPSA) is 115 Å². The maximum atomic E-state index is 10.1. The molecular formula is C11H14ClN5O4. The summed E-state index contributed by atoms with van der Waals surface area (Å²) < 4.78 is 7.14. The van der Waals surface area contributed by atoms with Crippen LogP contribution in [0.1, 0.15) is 12.6 Å². The molecule has 1 saturated heterocycles. The van der Waals surface area contributed by atoms with Crippen molar-refractivity contribution in [3.63, 3.8) is 0 Å². The van der Waals surface area contributed by atoms with Gasteiger partial charge in [-0.05, 0) is 11.6 Å². The number of anilines is 1. The van der Waals surface area contributed by atoms with Crippen LogP contribution in [0.25, 0.3) is 11.2 Å². The molecule has 21 heavy (non-hydrogen) atoms. The first-order valence-corrected chi connectivity index (χ1v) is 6.65. The van der Waals surface area contributed by atoms with Crippen molar-refractivity contribution in [1.29, 1.82) is 0 Å². The van der Waals surface area contributed by atoms with Gasteiger partial charge in [0.25, 0.3) is 0 Å². The third kappa shape index (κ3) is 2.54. The number of aromatic nitrogens is 4. The average Bonchev–Trinajstić information content (AvgIpc) is 3.02. The Balaban J connectivity index is 2.04. The van der Waals surface area contributed by atoms with E-state index in [1.54, 1.807) is 4.57 Å². The van der Waals surface area contributed by atoms with Gasteiger partial charge < -0.3 is 14.9 Å². The lowest BCUT2D eigenvalue weighted by Gasteiger charge is -2.16. The lowest BCUT2D eigenvalue weighted by atomic mass is 10.2. The first kappa shape index (κ1) is 14.4. The summed E-state index contributed by atoms with van der Waals surface area (Å²) >= 11 is 5.89. The van der Waals surface area contributed by atoms with E-state index in [2.05, 4.69) is 20.4 Å². The van der Waals surface area contributed by atoms with Gasteiger partial charge in [-0.2, -0.15) is 9.97 Å². The van der Waals surface area contributed by atoms with Gasteiger partial charge in [0.1, 0.15) is 6.10 Å². The summed E-state index contributed by atoms with van der Waals surface area (Å²) in [7, 11) is 1.44. The van der Waals surface area contributed by atoms with Crippen LogP contribution in [0.5, 0.6) is 0 Å². The normalized spacial score (nSPS) is 25.6. The zero-order valence-corrected chi connectivity index (χ0v) is 11.9. The highest BCUT2D eigenvalue weighted by atomic mass is 35.5. The molecule has 1 aliphatic heterocycles. The van der Waals surface area contributed by atoms with Crippen LogP contribution in [-0.2, 0) is 9.57 Å². The van der Waals surface area contributed by atoms with E-state index >= 15 is 0 Å². The second kappa shape index (κ2) is 5.70. The fourth-order valence-corrected chi connectivity index (χ4v) is 2.51. The van der Waals surface area contributed by atoms with Crippen LogP contribution in [0.3, 0.4) is 0 Å². The first-order chi connectivity index (χ1) is 10.1. The highest BCUT2D eigenvalue weighted by molar-refractivity contribution is 6.28. The van der Waals surface area contributed by atoms with Gasteiger partial charge in [0.2, 0.25) is 5.28 Å². The SMILES string of the molecule is CONc1nc(Cl)nc2c1ncn2[C@@H]1O[C@H](CO)C[C@H]1O. The maximum Gasteiger partial charge on any atom is 0.226 e. The molecule has 10 heteroatoms. The summed E-state index contributed by atoms with van der Waals surface area (Å²) in [6.45, 7) is -0.160. The van der Waals surface area contributed by atoms with Gasteiger partial charge in [0.15, 0.2) is 23.2 Å². The van der Waals surface area contributed by atoms with Crippen LogP contribution < -0.4 is 5.48 Å². The van der Waals surface area contributed by atoms with Crippen LogP contribution >= 0.6 is 11.6 Å². The predicted molar refractivity (Wildman–Crippen MR) is 72.6 cm³/mol. The van der Waals surface area contributed by atoms with Gasteiger partial charge in [-0.15, -0.1) is 0 Å². The summed E-state index contributed by atoms with van der Waals surface area (Å²) in [4.78, 5) is 17.1. The monoisotopic (exact) mass is 315 g/mol. The van der Waals surface area contributed by atoms with Crippen molar-refractivity contribution in [1.82, 2.24) is 19.5 Å². The Morgan fingerprint density at radius 1 is 1.57 bits per heavy atom. The Kier molecular flexibility index (Phi) is 3.91. The second-order valence-corrected chi connectivity index (χ2v) is 4.94. The molecule has 0 amide bonds. The zero-order valence-electron chi connectivity index (χ0n) is 11.1. The molecule has 0 aromatic carbocycles. The molecule has 1 aliphatic rings. The van der Waals surface area contributed by atoms with Gasteiger partial charge in [0, 0.05) is 6.42 Å². The van der Waals surface area contributed by atoms with Gasteiger partial charge in [0.05, 0.1) is 26.1 Å². The molecule has 0 bridgehead atoms. The largest absolute Gasteiger partial charge is 0.394 e. The van der Waals surface area contributed by atoms with Crippen LogP contribution in [-0.4, -0.2) is 55.7 Å². The lowest BCUT2D eigenvalue weighted by Crippen LogP contribution is -2.19. The molecule has 3 heterocycles. The molecule has 3 atom stereocenters. The number of rotatable bonds is 4. The number of nitrogens with zero attached hydrogens (tertiary/aromatic N) is 4. The molecule has 9 nitrogen and oxygen atoms in total. The Labute approximate surface area is 124 Å². The van der Waals surface area contributed by atoms with E-state index in [0.717, 1.165) is 0 Å². The number of ether oxygens (including phenoxy) is 1. The van der Waals surface area contributed by atoms with Crippen molar-refractivity contribution in [3.05, 3.63) is 11.6 Å². The molecule has 0 saturated carbocycles. The third-order valence-electron chi connectivity index (χ3n) is 3.24. The second-order valence-electron chi connectivity index (χ2n) is 4.61. The van der Waals surface area contributed by atoms with Crippen molar-refractivity contribution in [2.24, 2.45) is 0 Å². The number of hydrogen-bond acceptors (Lipinski definition) is 8. The number of aliphatic hydroxyl groups excluding tert-OH is 2. The molecular weight excluding hydrogens is 302 g/mol. The van der Waals surface area contributed by atoms with Gasteiger partial charge >= 0.3 is 0 Å². The summed E-state index contributed by atoms with van der Waals surface area (Å²) in [6, 6.07) is 0. The van der Waals surface area contributed by atoms with Crippen molar-refractivity contribution in [2.45, 2.75) is 24.9 Å². The Bertz CT molecular complexity index is 651. The summed E-state index contributed by atoms with van der Waals surface area (Å²) in [5, 5.41) is 19.2. The number of imidazole rings is 1. The molecule has 0 aliphatic carbocycles. The van der Waals surface area contributed by atoms with Crippen LogP contribution in [0.2, 0.25) is 5.28 Å². The third-order valence-corrected chi connectivity index (χ3v) is 3.41. The van der Waals surface area contributed by atoms with Gasteiger partial charge in [-0.25, -0.2) is 10.5 Å². The molecule has 2 aromatic heterocycles.